The Morgan fingerprint density at radius 3 is 2.45 bits per heavy atom. The highest BCUT2D eigenvalue weighted by Crippen LogP contribution is 2.33. The third kappa shape index (κ3) is 3.17. The summed E-state index contributed by atoms with van der Waals surface area (Å²) in [6.07, 6.45) is 2.06. The number of ether oxygens (including phenoxy) is 1. The molecule has 116 valence electrons. The number of hydrogen-bond acceptors (Lipinski definition) is 2. The summed E-state index contributed by atoms with van der Waals surface area (Å²) in [5.74, 6) is 0.951. The molecule has 2 aromatic rings. The van der Waals surface area contributed by atoms with E-state index < -0.39 is 0 Å². The van der Waals surface area contributed by atoms with Crippen LogP contribution in [0.4, 0.5) is 0 Å². The van der Waals surface area contributed by atoms with Gasteiger partial charge in [-0.2, -0.15) is 0 Å². The van der Waals surface area contributed by atoms with Gasteiger partial charge < -0.3 is 10.5 Å². The molecule has 2 N–H and O–H groups in total. The van der Waals surface area contributed by atoms with Gasteiger partial charge in [0.15, 0.2) is 0 Å². The van der Waals surface area contributed by atoms with Crippen molar-refractivity contribution in [2.24, 2.45) is 11.1 Å². The summed E-state index contributed by atoms with van der Waals surface area (Å²) in [7, 11) is 0. The predicted octanol–water partition coefficient (Wildman–Crippen LogP) is 4.26. The first-order valence-electron chi connectivity index (χ1n) is 8.03. The zero-order chi connectivity index (χ0) is 15.7. The van der Waals surface area contributed by atoms with Crippen LogP contribution in [0.5, 0.6) is 5.75 Å². The van der Waals surface area contributed by atoms with Crippen molar-refractivity contribution in [2.75, 3.05) is 6.61 Å². The minimum atomic E-state index is -0.0367. The lowest BCUT2D eigenvalue weighted by molar-refractivity contribution is 0.197. The smallest absolute Gasteiger partial charge is 0.119 e. The molecular weight excluding hydrogens is 270 g/mol. The molecule has 0 aliphatic heterocycles. The maximum Gasteiger partial charge on any atom is 0.119 e. The van der Waals surface area contributed by atoms with E-state index in [1.54, 1.807) is 0 Å². The normalized spacial score (nSPS) is 17.4. The molecule has 1 unspecified atom stereocenters. The minimum Gasteiger partial charge on any atom is -0.493 e. The van der Waals surface area contributed by atoms with Gasteiger partial charge in [-0.05, 0) is 52.6 Å². The fraction of sp³-hybridized carbons (Fsp3) is 0.400. The van der Waals surface area contributed by atoms with Gasteiger partial charge in [-0.3, -0.25) is 0 Å². The van der Waals surface area contributed by atoms with E-state index in [-0.39, 0.29) is 11.5 Å². The molecule has 0 fully saturated rings. The number of aryl methyl sites for hydroxylation is 2. The molecule has 1 atom stereocenters. The predicted molar refractivity (Wildman–Crippen MR) is 91.3 cm³/mol. The van der Waals surface area contributed by atoms with Crippen LogP contribution >= 0.6 is 0 Å². The van der Waals surface area contributed by atoms with E-state index in [2.05, 4.69) is 63.2 Å². The summed E-state index contributed by atoms with van der Waals surface area (Å²) in [5.41, 5.74) is 11.8. The average molecular weight is 295 g/mol. The summed E-state index contributed by atoms with van der Waals surface area (Å²) in [6, 6.07) is 14.8. The Kier molecular flexibility index (Phi) is 3.96. The molecule has 0 heterocycles. The van der Waals surface area contributed by atoms with Crippen molar-refractivity contribution in [3.63, 3.8) is 0 Å². The number of rotatable bonds is 2. The number of benzene rings is 2. The molecule has 1 aliphatic rings. The first-order chi connectivity index (χ1) is 10.4. The Labute approximate surface area is 133 Å². The highest BCUT2D eigenvalue weighted by Gasteiger charge is 2.21. The first-order valence-corrected chi connectivity index (χ1v) is 8.03. The van der Waals surface area contributed by atoms with Crippen molar-refractivity contribution in [1.29, 1.82) is 0 Å². The minimum absolute atomic E-state index is 0.0367. The Morgan fingerprint density at radius 2 is 1.68 bits per heavy atom. The van der Waals surface area contributed by atoms with Crippen molar-refractivity contribution in [3.05, 3.63) is 64.7 Å². The third-order valence-electron chi connectivity index (χ3n) is 4.18. The summed E-state index contributed by atoms with van der Waals surface area (Å²) in [5, 5.41) is 0. The van der Waals surface area contributed by atoms with Crippen molar-refractivity contribution >= 4 is 0 Å². The lowest BCUT2D eigenvalue weighted by Gasteiger charge is -2.20. The Morgan fingerprint density at radius 1 is 1.00 bits per heavy atom. The molecule has 0 bridgehead atoms. The topological polar surface area (TPSA) is 35.2 Å². The van der Waals surface area contributed by atoms with E-state index in [0.29, 0.717) is 0 Å². The van der Waals surface area contributed by atoms with Crippen LogP contribution in [0.15, 0.2) is 42.5 Å². The van der Waals surface area contributed by atoms with E-state index >= 15 is 0 Å². The van der Waals surface area contributed by atoms with Crippen molar-refractivity contribution in [3.8, 4) is 5.75 Å². The van der Waals surface area contributed by atoms with Crippen molar-refractivity contribution in [1.82, 2.24) is 0 Å². The Balaban J connectivity index is 1.89. The second-order valence-corrected chi connectivity index (χ2v) is 7.39. The molecule has 1 aliphatic carbocycles. The van der Waals surface area contributed by atoms with Crippen LogP contribution in [-0.4, -0.2) is 6.61 Å². The lowest BCUT2D eigenvalue weighted by atomic mass is 9.95. The van der Waals surface area contributed by atoms with Crippen LogP contribution < -0.4 is 10.5 Å². The number of hydrogen-bond donors (Lipinski definition) is 1. The zero-order valence-electron chi connectivity index (χ0n) is 13.7. The molecular formula is C20H25NO. The van der Waals surface area contributed by atoms with Crippen LogP contribution in [0.2, 0.25) is 0 Å². The van der Waals surface area contributed by atoms with Crippen LogP contribution in [0.25, 0.3) is 0 Å². The van der Waals surface area contributed by atoms with Crippen molar-refractivity contribution < 1.29 is 4.74 Å². The summed E-state index contributed by atoms with van der Waals surface area (Å²) >= 11 is 0. The zero-order valence-corrected chi connectivity index (χ0v) is 13.7. The summed E-state index contributed by atoms with van der Waals surface area (Å²) in [6.45, 7) is 7.27. The van der Waals surface area contributed by atoms with Gasteiger partial charge in [0.1, 0.15) is 5.75 Å². The van der Waals surface area contributed by atoms with Gasteiger partial charge in [0.05, 0.1) is 12.6 Å². The van der Waals surface area contributed by atoms with Gasteiger partial charge in [-0.15, -0.1) is 0 Å². The quantitative estimate of drug-likeness (QED) is 0.898. The first kappa shape index (κ1) is 15.1. The van der Waals surface area contributed by atoms with Gasteiger partial charge in [-0.1, -0.05) is 51.1 Å². The van der Waals surface area contributed by atoms with E-state index in [4.69, 9.17) is 10.5 Å². The van der Waals surface area contributed by atoms with Gasteiger partial charge in [0, 0.05) is 0 Å². The molecule has 22 heavy (non-hydrogen) atoms. The van der Waals surface area contributed by atoms with Crippen LogP contribution in [0, 0.1) is 5.41 Å². The highest BCUT2D eigenvalue weighted by atomic mass is 16.5. The van der Waals surface area contributed by atoms with Gasteiger partial charge in [0.2, 0.25) is 0 Å². The van der Waals surface area contributed by atoms with Crippen molar-refractivity contribution in [2.45, 2.75) is 39.7 Å². The number of fused-ring (bicyclic) bond motifs is 2. The monoisotopic (exact) mass is 295 g/mol. The van der Waals surface area contributed by atoms with E-state index in [0.717, 1.165) is 25.2 Å². The largest absolute Gasteiger partial charge is 0.493 e. The third-order valence-corrected chi connectivity index (χ3v) is 4.18. The molecule has 0 amide bonds. The maximum absolute atomic E-state index is 6.51. The highest BCUT2D eigenvalue weighted by molar-refractivity contribution is 5.46. The number of nitrogens with two attached hydrogens (primary N) is 1. The van der Waals surface area contributed by atoms with Crippen LogP contribution in [0.3, 0.4) is 0 Å². The molecule has 0 aromatic heterocycles. The Bertz CT molecular complexity index is 670. The van der Waals surface area contributed by atoms with Crippen LogP contribution in [-0.2, 0) is 12.8 Å². The Hall–Kier alpha value is -1.80. The lowest BCUT2D eigenvalue weighted by Crippen LogP contribution is -2.17. The van der Waals surface area contributed by atoms with E-state index in [9.17, 15) is 0 Å². The second kappa shape index (κ2) is 5.77. The molecule has 2 aromatic carbocycles. The molecule has 3 rings (SSSR count). The molecule has 0 saturated carbocycles. The fourth-order valence-corrected chi connectivity index (χ4v) is 2.99. The molecule has 2 nitrogen and oxygen atoms in total. The second-order valence-electron chi connectivity index (χ2n) is 7.39. The molecule has 0 spiro atoms. The molecule has 0 saturated heterocycles. The average Bonchev–Trinajstić information content (AvgIpc) is 2.63. The van der Waals surface area contributed by atoms with E-state index in [1.165, 1.54) is 22.3 Å². The molecule has 2 heteroatoms. The van der Waals surface area contributed by atoms with Gasteiger partial charge in [-0.25, -0.2) is 0 Å². The summed E-state index contributed by atoms with van der Waals surface area (Å²) < 4.78 is 5.95. The van der Waals surface area contributed by atoms with Gasteiger partial charge in [0.25, 0.3) is 0 Å². The fourth-order valence-electron chi connectivity index (χ4n) is 2.99. The van der Waals surface area contributed by atoms with Crippen LogP contribution in [0.1, 0.15) is 49.1 Å². The summed E-state index contributed by atoms with van der Waals surface area (Å²) in [4.78, 5) is 0. The SMILES string of the molecule is CC(C)(C)COc1ccc2c(c1)CCc1ccccc1C2N. The standard InChI is InChI=1S/C20H25NO/c1-20(2,3)13-22-16-10-11-18-15(12-16)9-8-14-6-4-5-7-17(14)19(18)21/h4-7,10-12,19H,8-9,13,21H2,1-3H3. The van der Waals surface area contributed by atoms with E-state index in [1.807, 2.05) is 0 Å². The molecule has 0 radical (unpaired) electrons. The van der Waals surface area contributed by atoms with Gasteiger partial charge >= 0.3 is 0 Å². The maximum atomic E-state index is 6.51.